The second-order valence-corrected chi connectivity index (χ2v) is 5.41. The molecule has 0 aromatic carbocycles. The number of piperidine rings is 1. The molecule has 1 aromatic heterocycles. The van der Waals surface area contributed by atoms with Gasteiger partial charge in [0.25, 0.3) is 0 Å². The van der Waals surface area contributed by atoms with Crippen molar-refractivity contribution in [2.75, 3.05) is 13.1 Å². The van der Waals surface area contributed by atoms with Gasteiger partial charge in [-0.15, -0.1) is 0 Å². The van der Waals surface area contributed by atoms with E-state index >= 15 is 0 Å². The average Bonchev–Trinajstić information content (AvgIpc) is 2.74. The number of hydrogen-bond acceptors (Lipinski definition) is 3. The molecule has 1 aromatic rings. The summed E-state index contributed by atoms with van der Waals surface area (Å²) in [5.74, 6) is 1.69. The van der Waals surface area contributed by atoms with Crippen LogP contribution in [0.3, 0.4) is 0 Å². The summed E-state index contributed by atoms with van der Waals surface area (Å²) >= 11 is 0. The Morgan fingerprint density at radius 2 is 2.38 bits per heavy atom. The molecule has 1 unspecified atom stereocenters. The fraction of sp³-hybridized carbons (Fsp3) is 0.692. The van der Waals surface area contributed by atoms with E-state index in [4.69, 9.17) is 10.2 Å². The van der Waals surface area contributed by atoms with Gasteiger partial charge in [0.05, 0.1) is 12.8 Å². The van der Waals surface area contributed by atoms with E-state index in [1.807, 2.05) is 12.1 Å². The number of rotatable bonds is 3. The van der Waals surface area contributed by atoms with Gasteiger partial charge in [-0.3, -0.25) is 4.90 Å². The lowest BCUT2D eigenvalue weighted by atomic mass is 9.84. The monoisotopic (exact) mass is 222 g/mol. The second-order valence-electron chi connectivity index (χ2n) is 5.41. The molecule has 1 aliphatic heterocycles. The zero-order valence-corrected chi connectivity index (χ0v) is 10.3. The predicted octanol–water partition coefficient (Wildman–Crippen LogP) is 2.23. The summed E-state index contributed by atoms with van der Waals surface area (Å²) in [5.41, 5.74) is 6.04. The molecule has 3 heteroatoms. The molecule has 3 nitrogen and oxygen atoms in total. The van der Waals surface area contributed by atoms with Crippen LogP contribution in [0, 0.1) is 5.92 Å². The van der Waals surface area contributed by atoms with Crippen LogP contribution in [-0.2, 0) is 6.54 Å². The summed E-state index contributed by atoms with van der Waals surface area (Å²) in [7, 11) is 0. The zero-order valence-electron chi connectivity index (χ0n) is 10.3. The van der Waals surface area contributed by atoms with Gasteiger partial charge in [-0.1, -0.05) is 0 Å². The highest BCUT2D eigenvalue weighted by atomic mass is 16.3. The molecular formula is C13H22N2O. The molecule has 1 fully saturated rings. The van der Waals surface area contributed by atoms with Crippen molar-refractivity contribution in [2.45, 2.75) is 38.8 Å². The van der Waals surface area contributed by atoms with Crippen LogP contribution >= 0.6 is 0 Å². The van der Waals surface area contributed by atoms with E-state index in [2.05, 4.69) is 18.7 Å². The maximum Gasteiger partial charge on any atom is 0.117 e. The van der Waals surface area contributed by atoms with E-state index < -0.39 is 0 Å². The minimum absolute atomic E-state index is 0.262. The molecule has 0 saturated carbocycles. The molecular weight excluding hydrogens is 200 g/mol. The van der Waals surface area contributed by atoms with Crippen molar-refractivity contribution in [3.63, 3.8) is 0 Å². The van der Waals surface area contributed by atoms with Crippen LogP contribution in [0.25, 0.3) is 0 Å². The van der Waals surface area contributed by atoms with Gasteiger partial charge in [0.2, 0.25) is 0 Å². The van der Waals surface area contributed by atoms with E-state index in [-0.39, 0.29) is 5.54 Å². The van der Waals surface area contributed by atoms with Gasteiger partial charge in [-0.25, -0.2) is 0 Å². The van der Waals surface area contributed by atoms with Gasteiger partial charge in [0, 0.05) is 12.1 Å². The highest BCUT2D eigenvalue weighted by molar-refractivity contribution is 5.00. The van der Waals surface area contributed by atoms with Crippen LogP contribution in [0.5, 0.6) is 0 Å². The SMILES string of the molecule is CC1(C)CCC(CN)CN1Cc1ccco1. The largest absolute Gasteiger partial charge is 0.468 e. The van der Waals surface area contributed by atoms with Crippen LogP contribution < -0.4 is 5.73 Å². The number of nitrogens with two attached hydrogens (primary N) is 1. The standard InChI is InChI=1S/C13H22N2O/c1-13(2)6-5-11(8-14)9-15(13)10-12-4-3-7-16-12/h3-4,7,11H,5-6,8-10,14H2,1-2H3. The van der Waals surface area contributed by atoms with E-state index in [9.17, 15) is 0 Å². The Morgan fingerprint density at radius 3 is 3.00 bits per heavy atom. The van der Waals surface area contributed by atoms with Crippen LogP contribution in [0.4, 0.5) is 0 Å². The summed E-state index contributed by atoms with van der Waals surface area (Å²) < 4.78 is 5.43. The van der Waals surface area contributed by atoms with Crippen LogP contribution in [-0.4, -0.2) is 23.5 Å². The molecule has 1 aliphatic rings. The Labute approximate surface area is 97.6 Å². The summed E-state index contributed by atoms with van der Waals surface area (Å²) in [6, 6.07) is 3.99. The van der Waals surface area contributed by atoms with Crippen molar-refractivity contribution in [3.05, 3.63) is 24.2 Å². The smallest absolute Gasteiger partial charge is 0.117 e. The number of nitrogens with zero attached hydrogens (tertiary/aromatic N) is 1. The van der Waals surface area contributed by atoms with Crippen LogP contribution in [0.1, 0.15) is 32.4 Å². The lowest BCUT2D eigenvalue weighted by Crippen LogP contribution is -2.50. The first kappa shape index (κ1) is 11.7. The van der Waals surface area contributed by atoms with Crippen molar-refractivity contribution >= 4 is 0 Å². The third-order valence-corrected chi connectivity index (χ3v) is 3.76. The number of likely N-dealkylation sites (tertiary alicyclic amines) is 1. The molecule has 90 valence electrons. The minimum atomic E-state index is 0.262. The molecule has 1 saturated heterocycles. The Morgan fingerprint density at radius 1 is 1.56 bits per heavy atom. The lowest BCUT2D eigenvalue weighted by Gasteiger charge is -2.45. The average molecular weight is 222 g/mol. The lowest BCUT2D eigenvalue weighted by molar-refractivity contribution is 0.0346. The van der Waals surface area contributed by atoms with Gasteiger partial charge in [0.1, 0.15) is 5.76 Å². The van der Waals surface area contributed by atoms with Gasteiger partial charge in [0.15, 0.2) is 0 Å². The minimum Gasteiger partial charge on any atom is -0.468 e. The molecule has 2 N–H and O–H groups in total. The third-order valence-electron chi connectivity index (χ3n) is 3.76. The van der Waals surface area contributed by atoms with E-state index in [1.165, 1.54) is 12.8 Å². The summed E-state index contributed by atoms with van der Waals surface area (Å²) in [6.45, 7) is 7.40. The molecule has 1 atom stereocenters. The van der Waals surface area contributed by atoms with Crippen LogP contribution in [0.15, 0.2) is 22.8 Å². The summed E-state index contributed by atoms with van der Waals surface area (Å²) in [5, 5.41) is 0. The van der Waals surface area contributed by atoms with Crippen molar-refractivity contribution in [3.8, 4) is 0 Å². The highest BCUT2D eigenvalue weighted by Gasteiger charge is 2.33. The Balaban J connectivity index is 2.04. The molecule has 2 rings (SSSR count). The van der Waals surface area contributed by atoms with Crippen molar-refractivity contribution < 1.29 is 4.42 Å². The molecule has 0 bridgehead atoms. The first-order chi connectivity index (χ1) is 7.62. The Hall–Kier alpha value is -0.800. The number of furan rings is 1. The molecule has 2 heterocycles. The second kappa shape index (κ2) is 4.60. The first-order valence-electron chi connectivity index (χ1n) is 6.09. The molecule has 0 aliphatic carbocycles. The highest BCUT2D eigenvalue weighted by Crippen LogP contribution is 2.31. The van der Waals surface area contributed by atoms with E-state index in [1.54, 1.807) is 6.26 Å². The Bertz CT molecular complexity index is 319. The molecule has 16 heavy (non-hydrogen) atoms. The van der Waals surface area contributed by atoms with Crippen molar-refractivity contribution in [2.24, 2.45) is 11.7 Å². The number of hydrogen-bond donors (Lipinski definition) is 1. The molecule has 0 radical (unpaired) electrons. The normalized spacial score (nSPS) is 25.8. The topological polar surface area (TPSA) is 42.4 Å². The molecule has 0 amide bonds. The predicted molar refractivity (Wildman–Crippen MR) is 65.0 cm³/mol. The first-order valence-corrected chi connectivity index (χ1v) is 6.09. The van der Waals surface area contributed by atoms with E-state index in [0.717, 1.165) is 25.4 Å². The van der Waals surface area contributed by atoms with Gasteiger partial charge < -0.3 is 10.2 Å². The van der Waals surface area contributed by atoms with E-state index in [0.29, 0.717) is 5.92 Å². The Kier molecular flexibility index (Phi) is 3.36. The van der Waals surface area contributed by atoms with Gasteiger partial charge >= 0.3 is 0 Å². The quantitative estimate of drug-likeness (QED) is 0.852. The maximum absolute atomic E-state index is 5.78. The van der Waals surface area contributed by atoms with Gasteiger partial charge in [-0.05, 0) is 51.3 Å². The third kappa shape index (κ3) is 2.47. The molecule has 0 spiro atoms. The van der Waals surface area contributed by atoms with Crippen LogP contribution in [0.2, 0.25) is 0 Å². The zero-order chi connectivity index (χ0) is 11.6. The summed E-state index contributed by atoms with van der Waals surface area (Å²) in [4.78, 5) is 2.49. The fourth-order valence-electron chi connectivity index (χ4n) is 2.43. The summed E-state index contributed by atoms with van der Waals surface area (Å²) in [6.07, 6.45) is 4.21. The van der Waals surface area contributed by atoms with Crippen molar-refractivity contribution in [1.82, 2.24) is 4.90 Å². The van der Waals surface area contributed by atoms with Gasteiger partial charge in [-0.2, -0.15) is 0 Å². The van der Waals surface area contributed by atoms with Crippen molar-refractivity contribution in [1.29, 1.82) is 0 Å². The maximum atomic E-state index is 5.78. The fourth-order valence-corrected chi connectivity index (χ4v) is 2.43.